The van der Waals surface area contributed by atoms with Crippen molar-refractivity contribution in [3.8, 4) is 5.82 Å². The lowest BCUT2D eigenvalue weighted by Crippen LogP contribution is -2.35. The molecule has 0 aromatic carbocycles. The minimum absolute atomic E-state index is 0.524. The smallest absolute Gasteiger partial charge is 0.142 e. The van der Waals surface area contributed by atoms with Crippen molar-refractivity contribution in [2.24, 2.45) is 5.92 Å². The summed E-state index contributed by atoms with van der Waals surface area (Å²) in [7, 11) is 0. The molecule has 0 amide bonds. The van der Waals surface area contributed by atoms with Crippen molar-refractivity contribution in [1.82, 2.24) is 29.6 Å². The molecule has 23 heavy (non-hydrogen) atoms. The number of aromatic nitrogens is 5. The topological polar surface area (TPSA) is 72.6 Å². The number of rotatable bonds is 5. The van der Waals surface area contributed by atoms with Crippen molar-refractivity contribution in [3.05, 3.63) is 54.9 Å². The minimum Gasteiger partial charge on any atom is -0.370 e. The van der Waals surface area contributed by atoms with Crippen LogP contribution >= 0.6 is 0 Å². The molecule has 7 heteroatoms. The molecule has 4 heterocycles. The number of hydrogen-bond acceptors (Lipinski definition) is 5. The Hall–Kier alpha value is -2.67. The van der Waals surface area contributed by atoms with Gasteiger partial charge in [-0.15, -0.1) is 0 Å². The number of pyridine rings is 1. The van der Waals surface area contributed by atoms with E-state index in [-0.39, 0.29) is 0 Å². The molecular weight excluding hydrogens is 290 g/mol. The van der Waals surface area contributed by atoms with E-state index >= 15 is 0 Å². The number of hydrogen-bond donors (Lipinski definition) is 2. The van der Waals surface area contributed by atoms with Crippen LogP contribution in [0.2, 0.25) is 0 Å². The van der Waals surface area contributed by atoms with E-state index in [2.05, 4.69) is 31.8 Å². The van der Waals surface area contributed by atoms with E-state index < -0.39 is 0 Å². The zero-order valence-electron chi connectivity index (χ0n) is 12.8. The van der Waals surface area contributed by atoms with Gasteiger partial charge in [0.05, 0.1) is 6.20 Å². The van der Waals surface area contributed by atoms with Crippen LogP contribution in [0, 0.1) is 5.92 Å². The summed E-state index contributed by atoms with van der Waals surface area (Å²) in [5.74, 6) is 2.56. The number of nitrogens with zero attached hydrogens (tertiary/aromatic N) is 5. The summed E-state index contributed by atoms with van der Waals surface area (Å²) in [5.41, 5.74) is 1.16. The van der Waals surface area contributed by atoms with Gasteiger partial charge in [-0.2, -0.15) is 5.10 Å². The fourth-order valence-electron chi connectivity index (χ4n) is 2.92. The Morgan fingerprint density at radius 3 is 3.17 bits per heavy atom. The highest BCUT2D eigenvalue weighted by Crippen LogP contribution is 2.16. The van der Waals surface area contributed by atoms with E-state index in [0.717, 1.165) is 43.4 Å². The zero-order chi connectivity index (χ0) is 15.5. The van der Waals surface area contributed by atoms with Crippen LogP contribution in [-0.4, -0.2) is 37.4 Å². The Bertz CT molecular complexity index is 762. The van der Waals surface area contributed by atoms with Crippen molar-refractivity contribution in [1.29, 1.82) is 0 Å². The van der Waals surface area contributed by atoms with Gasteiger partial charge >= 0.3 is 0 Å². The monoisotopic (exact) mass is 309 g/mol. The molecule has 118 valence electrons. The molecule has 2 N–H and O–H groups in total. The lowest BCUT2D eigenvalue weighted by Gasteiger charge is -2.25. The van der Waals surface area contributed by atoms with Crippen LogP contribution in [0.25, 0.3) is 5.82 Å². The Balaban J connectivity index is 1.37. The molecule has 1 aliphatic heterocycles. The number of fused-ring (bicyclic) bond motifs is 1. The van der Waals surface area contributed by atoms with Crippen molar-refractivity contribution in [2.45, 2.75) is 13.1 Å². The van der Waals surface area contributed by atoms with Crippen LogP contribution in [0.3, 0.4) is 0 Å². The van der Waals surface area contributed by atoms with Gasteiger partial charge in [-0.1, -0.05) is 6.07 Å². The van der Waals surface area contributed by atoms with Crippen LogP contribution in [0.5, 0.6) is 0 Å². The van der Waals surface area contributed by atoms with E-state index in [1.165, 1.54) is 0 Å². The molecule has 0 fully saturated rings. The van der Waals surface area contributed by atoms with Crippen molar-refractivity contribution >= 4 is 5.82 Å². The maximum absolute atomic E-state index is 4.47. The largest absolute Gasteiger partial charge is 0.370 e. The first kappa shape index (κ1) is 14.0. The molecule has 1 aliphatic rings. The standard InChI is InChI=1S/C16H19N7/c1-2-14(16(19-4-1)22-7-6-17-12-22)10-18-8-13-9-20-15-3-5-21-23(15)11-13/h1-7,12-13,18,20H,8-11H2. The van der Waals surface area contributed by atoms with Crippen LogP contribution in [-0.2, 0) is 13.1 Å². The third kappa shape index (κ3) is 2.95. The molecule has 3 aromatic rings. The Kier molecular flexibility index (Phi) is 3.77. The lowest BCUT2D eigenvalue weighted by atomic mass is 10.1. The molecule has 1 unspecified atom stereocenters. The van der Waals surface area contributed by atoms with Gasteiger partial charge in [-0.05, 0) is 6.07 Å². The zero-order valence-corrected chi connectivity index (χ0v) is 12.8. The molecule has 0 aliphatic carbocycles. The van der Waals surface area contributed by atoms with Crippen LogP contribution in [0.4, 0.5) is 5.82 Å². The van der Waals surface area contributed by atoms with Crippen molar-refractivity contribution < 1.29 is 0 Å². The molecule has 3 aromatic heterocycles. The molecule has 0 radical (unpaired) electrons. The van der Waals surface area contributed by atoms with Gasteiger partial charge in [0.25, 0.3) is 0 Å². The summed E-state index contributed by atoms with van der Waals surface area (Å²) in [6.07, 6.45) is 9.10. The van der Waals surface area contributed by atoms with E-state index in [1.807, 2.05) is 40.0 Å². The molecule has 0 saturated heterocycles. The Labute approximate surface area is 134 Å². The first-order valence-electron chi connectivity index (χ1n) is 7.79. The summed E-state index contributed by atoms with van der Waals surface area (Å²) in [6.45, 7) is 3.64. The van der Waals surface area contributed by atoms with Gasteiger partial charge in [0.2, 0.25) is 0 Å². The van der Waals surface area contributed by atoms with Gasteiger partial charge < -0.3 is 10.6 Å². The van der Waals surface area contributed by atoms with Gasteiger partial charge in [-0.3, -0.25) is 4.57 Å². The van der Waals surface area contributed by atoms with Gasteiger partial charge in [0.15, 0.2) is 0 Å². The Morgan fingerprint density at radius 1 is 1.26 bits per heavy atom. The van der Waals surface area contributed by atoms with Crippen LogP contribution < -0.4 is 10.6 Å². The molecule has 4 rings (SSSR count). The first-order chi connectivity index (χ1) is 11.4. The van der Waals surface area contributed by atoms with Crippen molar-refractivity contribution in [3.63, 3.8) is 0 Å². The molecule has 1 atom stereocenters. The van der Waals surface area contributed by atoms with Gasteiger partial charge in [-0.25, -0.2) is 14.6 Å². The summed E-state index contributed by atoms with van der Waals surface area (Å²) in [6, 6.07) is 6.08. The average Bonchev–Trinajstić information content (AvgIpc) is 3.26. The number of anilines is 1. The third-order valence-electron chi connectivity index (χ3n) is 4.08. The predicted molar refractivity (Wildman–Crippen MR) is 87.3 cm³/mol. The highest BCUT2D eigenvalue weighted by Gasteiger charge is 2.17. The maximum Gasteiger partial charge on any atom is 0.142 e. The second-order valence-electron chi connectivity index (χ2n) is 5.73. The Morgan fingerprint density at radius 2 is 2.26 bits per heavy atom. The van der Waals surface area contributed by atoms with E-state index in [0.29, 0.717) is 5.92 Å². The van der Waals surface area contributed by atoms with Gasteiger partial charge in [0.1, 0.15) is 18.0 Å². The minimum atomic E-state index is 0.524. The van der Waals surface area contributed by atoms with Crippen molar-refractivity contribution in [2.75, 3.05) is 18.4 Å². The van der Waals surface area contributed by atoms with E-state index in [9.17, 15) is 0 Å². The molecule has 7 nitrogen and oxygen atoms in total. The second kappa shape index (κ2) is 6.21. The summed E-state index contributed by atoms with van der Waals surface area (Å²) >= 11 is 0. The molecule has 0 saturated carbocycles. The highest BCUT2D eigenvalue weighted by molar-refractivity contribution is 5.35. The molecule has 0 bridgehead atoms. The molecule has 0 spiro atoms. The van der Waals surface area contributed by atoms with Crippen LogP contribution in [0.1, 0.15) is 5.56 Å². The quantitative estimate of drug-likeness (QED) is 0.743. The first-order valence-corrected chi connectivity index (χ1v) is 7.79. The summed E-state index contributed by atoms with van der Waals surface area (Å²) < 4.78 is 3.96. The fraction of sp³-hybridized carbons (Fsp3) is 0.312. The molecular formula is C16H19N7. The van der Waals surface area contributed by atoms with Crippen LogP contribution in [0.15, 0.2) is 49.3 Å². The van der Waals surface area contributed by atoms with Gasteiger partial charge in [0, 0.05) is 62.3 Å². The summed E-state index contributed by atoms with van der Waals surface area (Å²) in [5, 5.41) is 11.3. The predicted octanol–water partition coefficient (Wildman–Crippen LogP) is 1.30. The third-order valence-corrected chi connectivity index (χ3v) is 4.08. The maximum atomic E-state index is 4.47. The second-order valence-corrected chi connectivity index (χ2v) is 5.73. The number of imidazole rings is 1. The fourth-order valence-corrected chi connectivity index (χ4v) is 2.92. The lowest BCUT2D eigenvalue weighted by molar-refractivity contribution is 0.391. The highest BCUT2D eigenvalue weighted by atomic mass is 15.3. The summed E-state index contributed by atoms with van der Waals surface area (Å²) in [4.78, 5) is 8.56. The van der Waals surface area contributed by atoms with E-state index in [1.54, 1.807) is 12.5 Å². The van der Waals surface area contributed by atoms with E-state index in [4.69, 9.17) is 0 Å². The average molecular weight is 309 g/mol. The SMILES string of the molecule is c1cnc(-n2ccnc2)c(CNCC2CNc3ccnn3C2)c1. The normalized spacial score (nSPS) is 16.8. The number of nitrogens with one attached hydrogen (secondary N) is 2.